The molecular weight excluding hydrogens is 645 g/mol. The fraction of sp³-hybridized carbons (Fsp3) is 0.478. The van der Waals surface area contributed by atoms with Gasteiger partial charge in [-0.2, -0.15) is 0 Å². The number of esters is 2. The number of rotatable bonds is 6. The predicted molar refractivity (Wildman–Crippen MR) is 207 cm³/mol. The first-order valence-corrected chi connectivity index (χ1v) is 19.3. The maximum absolute atomic E-state index is 13.6. The van der Waals surface area contributed by atoms with Crippen LogP contribution in [0.25, 0.3) is 11.1 Å². The SMILES string of the molecule is CC(C)(C)OC(=O)c1[nH]c(Cc2cc(Cc3[nH]c(C(=O)OC(C)(C)C)c4c3C3C=CC4CC3)c3ccc(C(C)(C)C)ccc2-3)c2c1C1C=CC2CC1. The number of ether oxygens (including phenoxy) is 2. The lowest BCUT2D eigenvalue weighted by Gasteiger charge is -2.32. The van der Waals surface area contributed by atoms with Gasteiger partial charge in [0.1, 0.15) is 22.6 Å². The Labute approximate surface area is 308 Å². The molecule has 272 valence electrons. The van der Waals surface area contributed by atoms with Crippen LogP contribution in [0.1, 0.15) is 183 Å². The third-order valence-electron chi connectivity index (χ3n) is 11.5. The summed E-state index contributed by atoms with van der Waals surface area (Å²) >= 11 is 0. The summed E-state index contributed by atoms with van der Waals surface area (Å²) in [7, 11) is 0. The van der Waals surface area contributed by atoms with Crippen LogP contribution in [0.2, 0.25) is 0 Å². The summed E-state index contributed by atoms with van der Waals surface area (Å²) in [6, 6.07) is 11.5. The molecule has 4 atom stereocenters. The van der Waals surface area contributed by atoms with Gasteiger partial charge in [-0.15, -0.1) is 0 Å². The Balaban J connectivity index is 1.24. The molecule has 0 saturated heterocycles. The molecule has 2 aromatic heterocycles. The molecule has 6 nitrogen and oxygen atoms in total. The van der Waals surface area contributed by atoms with Gasteiger partial charge in [0.15, 0.2) is 0 Å². The number of aromatic nitrogens is 2. The van der Waals surface area contributed by atoms with E-state index in [2.05, 4.69) is 85.4 Å². The number of nitrogens with one attached hydrogen (secondary N) is 2. The molecule has 2 N–H and O–H groups in total. The van der Waals surface area contributed by atoms with Gasteiger partial charge in [0.05, 0.1) is 0 Å². The van der Waals surface area contributed by atoms with Crippen molar-refractivity contribution in [1.29, 1.82) is 0 Å². The number of carbonyl (C=O) groups is 2. The second kappa shape index (κ2) is 12.1. The average Bonchev–Trinajstić information content (AvgIpc) is 3.69. The third-order valence-corrected chi connectivity index (χ3v) is 11.5. The van der Waals surface area contributed by atoms with Crippen LogP contribution in [0.15, 0.2) is 54.6 Å². The highest BCUT2D eigenvalue weighted by Crippen LogP contribution is 2.51. The number of hydrogen-bond donors (Lipinski definition) is 2. The fourth-order valence-electron chi connectivity index (χ4n) is 9.32. The lowest BCUT2D eigenvalue weighted by atomic mass is 9.71. The maximum atomic E-state index is 13.6. The molecule has 52 heavy (non-hydrogen) atoms. The van der Waals surface area contributed by atoms with E-state index in [9.17, 15) is 9.59 Å². The van der Waals surface area contributed by atoms with Crippen molar-refractivity contribution in [2.75, 3.05) is 0 Å². The Morgan fingerprint density at radius 1 is 0.577 bits per heavy atom. The van der Waals surface area contributed by atoms with Crippen molar-refractivity contribution in [2.45, 2.75) is 141 Å². The third kappa shape index (κ3) is 6.16. The van der Waals surface area contributed by atoms with Gasteiger partial charge in [-0.1, -0.05) is 75.4 Å². The normalized spacial score (nSPS) is 21.8. The number of carbonyl (C=O) groups excluding carboxylic acids is 2. The summed E-state index contributed by atoms with van der Waals surface area (Å²) in [6.45, 7) is 18.3. The Hall–Kier alpha value is -4.32. The Morgan fingerprint density at radius 2 is 0.942 bits per heavy atom. The lowest BCUT2D eigenvalue weighted by molar-refractivity contribution is 0.00493. The van der Waals surface area contributed by atoms with Gasteiger partial charge in [0.2, 0.25) is 0 Å². The van der Waals surface area contributed by atoms with Crippen molar-refractivity contribution < 1.29 is 19.1 Å². The van der Waals surface area contributed by atoms with Crippen molar-refractivity contribution in [3.05, 3.63) is 116 Å². The van der Waals surface area contributed by atoms with E-state index in [-0.39, 0.29) is 29.2 Å². The Bertz CT molecular complexity index is 1980. The summed E-state index contributed by atoms with van der Waals surface area (Å²) in [5.74, 6) is 0.513. The van der Waals surface area contributed by atoms with Crippen molar-refractivity contribution in [3.63, 3.8) is 0 Å². The molecule has 0 radical (unpaired) electrons. The molecular formula is C46H54N2O4. The molecule has 2 aromatic rings. The fourth-order valence-corrected chi connectivity index (χ4v) is 9.32. The molecule has 0 saturated carbocycles. The number of H-pyrrole nitrogens is 2. The summed E-state index contributed by atoms with van der Waals surface area (Å²) in [4.78, 5) is 34.6. The minimum atomic E-state index is -0.579. The van der Waals surface area contributed by atoms with E-state index in [0.29, 0.717) is 36.1 Å². The highest BCUT2D eigenvalue weighted by Gasteiger charge is 2.40. The van der Waals surface area contributed by atoms with E-state index in [1.807, 2.05) is 41.5 Å². The van der Waals surface area contributed by atoms with Crippen molar-refractivity contribution in [1.82, 2.24) is 9.97 Å². The molecule has 0 amide bonds. The molecule has 0 spiro atoms. The number of allylic oxidation sites excluding steroid dienone is 4. The maximum Gasteiger partial charge on any atom is 0.355 e. The average molecular weight is 699 g/mol. The van der Waals surface area contributed by atoms with Gasteiger partial charge in [-0.05, 0) is 123 Å². The minimum Gasteiger partial charge on any atom is -0.455 e. The topological polar surface area (TPSA) is 84.2 Å². The predicted octanol–water partition coefficient (Wildman–Crippen LogP) is 10.9. The second-order valence-electron chi connectivity index (χ2n) is 18.7. The second-order valence-corrected chi connectivity index (χ2v) is 18.7. The van der Waals surface area contributed by atoms with Crippen LogP contribution in [0.3, 0.4) is 0 Å². The smallest absolute Gasteiger partial charge is 0.355 e. The molecule has 8 aliphatic carbocycles. The lowest BCUT2D eigenvalue weighted by Crippen LogP contribution is -2.26. The van der Waals surface area contributed by atoms with E-state index in [1.165, 1.54) is 38.9 Å². The first kappa shape index (κ1) is 34.7. The number of hydrogen-bond acceptors (Lipinski definition) is 4. The summed E-state index contributed by atoms with van der Waals surface area (Å²) in [6.07, 6.45) is 14.9. The number of aromatic amines is 2. The zero-order chi connectivity index (χ0) is 36.9. The molecule has 6 heteroatoms. The van der Waals surface area contributed by atoms with E-state index < -0.39 is 11.2 Å². The van der Waals surface area contributed by atoms with Crippen LogP contribution in [0, 0.1) is 0 Å². The molecule has 4 bridgehead atoms. The van der Waals surface area contributed by atoms with E-state index >= 15 is 0 Å². The highest BCUT2D eigenvalue weighted by atomic mass is 16.6. The summed E-state index contributed by atoms with van der Waals surface area (Å²) in [5.41, 5.74) is 13.3. The quantitative estimate of drug-likeness (QED) is 0.155. The summed E-state index contributed by atoms with van der Waals surface area (Å²) < 4.78 is 11.9. The van der Waals surface area contributed by atoms with Crippen molar-refractivity contribution in [2.24, 2.45) is 0 Å². The van der Waals surface area contributed by atoms with Crippen LogP contribution in [0.5, 0.6) is 0 Å². The van der Waals surface area contributed by atoms with Gasteiger partial charge in [0, 0.05) is 47.9 Å². The van der Waals surface area contributed by atoms with E-state index in [4.69, 9.17) is 9.47 Å². The largest absolute Gasteiger partial charge is 0.455 e. The van der Waals surface area contributed by atoms with Crippen LogP contribution >= 0.6 is 0 Å². The van der Waals surface area contributed by atoms with Gasteiger partial charge in [-0.25, -0.2) is 9.59 Å². The molecule has 0 fully saturated rings. The highest BCUT2D eigenvalue weighted by molar-refractivity contribution is 5.92. The molecule has 4 unspecified atom stereocenters. The first-order chi connectivity index (χ1) is 24.4. The monoisotopic (exact) mass is 698 g/mol. The summed E-state index contributed by atoms with van der Waals surface area (Å²) in [5, 5.41) is 0. The molecule has 0 aliphatic heterocycles. The minimum absolute atomic E-state index is 0.00433. The standard InChI is InChI=1S/C46H54N2O4/c1-44(2,3)31-18-20-32-29(23-34-36-25-10-14-27(15-11-25)38(36)40(47-34)42(49)51-45(4,5)6)22-30(33(32)21-19-31)24-35-37-26-12-16-28(17-13-26)39(37)41(48-35)43(50)52-46(7,8)9/h10,12,14,16,18-22,25-28,47-48H,11,13,15,17,23-24H2,1-9H3. The van der Waals surface area contributed by atoms with Crippen molar-refractivity contribution >= 4 is 11.9 Å². The van der Waals surface area contributed by atoms with Crippen LogP contribution < -0.4 is 0 Å². The zero-order valence-electron chi connectivity index (χ0n) is 32.4. The van der Waals surface area contributed by atoms with Gasteiger partial charge in [-0.3, -0.25) is 0 Å². The molecule has 0 aromatic carbocycles. The zero-order valence-corrected chi connectivity index (χ0v) is 32.4. The van der Waals surface area contributed by atoms with Crippen LogP contribution in [0.4, 0.5) is 0 Å². The van der Waals surface area contributed by atoms with E-state index in [1.54, 1.807) is 0 Å². The Morgan fingerprint density at radius 3 is 1.27 bits per heavy atom. The van der Waals surface area contributed by atoms with E-state index in [0.717, 1.165) is 48.2 Å². The first-order valence-electron chi connectivity index (χ1n) is 19.3. The van der Waals surface area contributed by atoms with Gasteiger partial charge >= 0.3 is 11.9 Å². The molecule has 8 aliphatic rings. The van der Waals surface area contributed by atoms with Crippen molar-refractivity contribution in [3.8, 4) is 11.1 Å². The molecule has 2 heterocycles. The number of fused-ring (bicyclic) bond motifs is 3. The van der Waals surface area contributed by atoms with Crippen LogP contribution in [-0.4, -0.2) is 33.1 Å². The van der Waals surface area contributed by atoms with Gasteiger partial charge < -0.3 is 19.4 Å². The van der Waals surface area contributed by atoms with Crippen LogP contribution in [-0.2, 0) is 27.7 Å². The molecule has 10 rings (SSSR count). The Kier molecular flexibility index (Phi) is 8.09. The van der Waals surface area contributed by atoms with Gasteiger partial charge in [0.25, 0.3) is 0 Å².